The predicted molar refractivity (Wildman–Crippen MR) is 209 cm³/mol. The minimum absolute atomic E-state index is 0.644. The molecule has 3 heterocycles. The zero-order valence-electron chi connectivity index (χ0n) is 26.9. The van der Waals surface area contributed by atoms with Crippen molar-refractivity contribution in [1.82, 2.24) is 19.5 Å². The van der Waals surface area contributed by atoms with Crippen LogP contribution in [0.4, 0.5) is 0 Å². The summed E-state index contributed by atoms with van der Waals surface area (Å²) in [6.45, 7) is 0. The Hall–Kier alpha value is -6.43. The van der Waals surface area contributed by atoms with Crippen LogP contribution in [-0.4, -0.2) is 19.5 Å². The molecule has 3 aromatic heterocycles. The largest absolute Gasteiger partial charge is 0.309 e. The van der Waals surface area contributed by atoms with Crippen molar-refractivity contribution in [2.45, 2.75) is 0 Å². The van der Waals surface area contributed by atoms with Crippen molar-refractivity contribution in [1.29, 1.82) is 0 Å². The zero-order chi connectivity index (χ0) is 33.0. The molecule has 4 nitrogen and oxygen atoms in total. The fourth-order valence-corrected chi connectivity index (χ4v) is 8.27. The molecule has 0 fully saturated rings. The van der Waals surface area contributed by atoms with Crippen LogP contribution in [0.5, 0.6) is 0 Å². The third-order valence-corrected chi connectivity index (χ3v) is 10.6. The summed E-state index contributed by atoms with van der Waals surface area (Å²) in [6, 6.07) is 59.7. The molecule has 234 valence electrons. The molecule has 0 saturated heterocycles. The minimum atomic E-state index is 0.644. The van der Waals surface area contributed by atoms with Gasteiger partial charge >= 0.3 is 0 Å². The Morgan fingerprint density at radius 2 is 0.920 bits per heavy atom. The summed E-state index contributed by atoms with van der Waals surface area (Å²) < 4.78 is 5.05. The van der Waals surface area contributed by atoms with Gasteiger partial charge in [0.1, 0.15) is 0 Å². The predicted octanol–water partition coefficient (Wildman–Crippen LogP) is 12.0. The number of aromatic nitrogens is 4. The van der Waals surface area contributed by atoms with Crippen molar-refractivity contribution in [3.63, 3.8) is 0 Å². The summed E-state index contributed by atoms with van der Waals surface area (Å²) in [7, 11) is 0. The van der Waals surface area contributed by atoms with Crippen LogP contribution >= 0.6 is 11.3 Å². The molecule has 0 aliphatic heterocycles. The molecule has 0 unspecified atom stereocenters. The normalized spacial score (nSPS) is 11.6. The lowest BCUT2D eigenvalue weighted by Crippen LogP contribution is -2.00. The van der Waals surface area contributed by atoms with Crippen LogP contribution in [0.15, 0.2) is 170 Å². The van der Waals surface area contributed by atoms with Gasteiger partial charge in [-0.3, -0.25) is 0 Å². The van der Waals surface area contributed by atoms with E-state index in [-0.39, 0.29) is 0 Å². The molecular weight excluding hydrogens is 629 g/mol. The first-order valence-electron chi connectivity index (χ1n) is 16.7. The van der Waals surface area contributed by atoms with Gasteiger partial charge in [-0.05, 0) is 53.6 Å². The lowest BCUT2D eigenvalue weighted by Gasteiger charge is -2.12. The number of hydrogen-bond acceptors (Lipinski definition) is 4. The number of benzene rings is 7. The summed E-state index contributed by atoms with van der Waals surface area (Å²) in [4.78, 5) is 14.8. The number of thiophene rings is 1. The van der Waals surface area contributed by atoms with Crippen molar-refractivity contribution >= 4 is 53.3 Å². The van der Waals surface area contributed by atoms with Crippen LogP contribution in [0.2, 0.25) is 0 Å². The standard InChI is InChI=1S/C45H28N4S/c1-3-13-29(14-4-1)43-46-44(30-15-5-2-6-16-30)48-45(47-43)33-19-11-17-31(27-33)32-18-12-20-34(28-32)49-37-23-9-7-21-35(37)41-38(49)25-26-40-42(41)36-22-8-10-24-39(36)50-40/h1-28H. The van der Waals surface area contributed by atoms with Crippen LogP contribution in [0, 0.1) is 0 Å². The summed E-state index contributed by atoms with van der Waals surface area (Å²) in [5, 5.41) is 5.23. The van der Waals surface area contributed by atoms with Gasteiger partial charge in [0, 0.05) is 53.3 Å². The van der Waals surface area contributed by atoms with E-state index in [0.29, 0.717) is 17.5 Å². The third kappa shape index (κ3) is 4.71. The van der Waals surface area contributed by atoms with Crippen LogP contribution in [0.3, 0.4) is 0 Å². The van der Waals surface area contributed by atoms with Crippen LogP contribution in [-0.2, 0) is 0 Å². The van der Waals surface area contributed by atoms with Gasteiger partial charge < -0.3 is 4.57 Å². The zero-order valence-corrected chi connectivity index (χ0v) is 27.7. The van der Waals surface area contributed by atoms with Gasteiger partial charge in [-0.1, -0.05) is 127 Å². The maximum atomic E-state index is 4.98. The van der Waals surface area contributed by atoms with Gasteiger partial charge in [-0.2, -0.15) is 0 Å². The van der Waals surface area contributed by atoms with Gasteiger partial charge in [0.25, 0.3) is 0 Å². The number of para-hydroxylation sites is 1. The second-order valence-corrected chi connectivity index (χ2v) is 13.5. The van der Waals surface area contributed by atoms with E-state index in [9.17, 15) is 0 Å². The van der Waals surface area contributed by atoms with E-state index in [0.717, 1.165) is 33.5 Å². The lowest BCUT2D eigenvalue weighted by molar-refractivity contribution is 1.07. The molecule has 0 amide bonds. The molecule has 0 bridgehead atoms. The fraction of sp³-hybridized carbons (Fsp3) is 0. The molecule has 5 heteroatoms. The average Bonchev–Trinajstić information content (AvgIpc) is 3.74. The molecule has 10 aromatic rings. The minimum Gasteiger partial charge on any atom is -0.309 e. The molecule has 0 atom stereocenters. The fourth-order valence-electron chi connectivity index (χ4n) is 7.15. The molecule has 0 radical (unpaired) electrons. The number of nitrogens with zero attached hydrogens (tertiary/aromatic N) is 4. The van der Waals surface area contributed by atoms with Crippen molar-refractivity contribution in [2.75, 3.05) is 0 Å². The topological polar surface area (TPSA) is 43.6 Å². The highest BCUT2D eigenvalue weighted by Gasteiger charge is 2.18. The Morgan fingerprint density at radius 1 is 0.360 bits per heavy atom. The molecular formula is C45H28N4S. The van der Waals surface area contributed by atoms with E-state index in [1.165, 1.54) is 42.0 Å². The summed E-state index contributed by atoms with van der Waals surface area (Å²) in [5.41, 5.74) is 8.59. The quantitative estimate of drug-likeness (QED) is 0.185. The van der Waals surface area contributed by atoms with E-state index in [1.54, 1.807) is 0 Å². The van der Waals surface area contributed by atoms with Crippen LogP contribution < -0.4 is 0 Å². The highest BCUT2D eigenvalue weighted by molar-refractivity contribution is 7.26. The first kappa shape index (κ1) is 28.6. The van der Waals surface area contributed by atoms with Crippen molar-refractivity contribution in [3.8, 4) is 51.0 Å². The van der Waals surface area contributed by atoms with Crippen LogP contribution in [0.1, 0.15) is 0 Å². The maximum absolute atomic E-state index is 4.98. The van der Waals surface area contributed by atoms with Crippen molar-refractivity contribution < 1.29 is 0 Å². The van der Waals surface area contributed by atoms with E-state index in [4.69, 9.17) is 15.0 Å². The van der Waals surface area contributed by atoms with Gasteiger partial charge in [0.05, 0.1) is 11.0 Å². The Labute approximate surface area is 292 Å². The second-order valence-electron chi connectivity index (χ2n) is 12.5. The molecule has 0 saturated carbocycles. The number of hydrogen-bond donors (Lipinski definition) is 0. The third-order valence-electron chi connectivity index (χ3n) is 9.43. The van der Waals surface area contributed by atoms with Crippen LogP contribution in [0.25, 0.3) is 93.0 Å². The van der Waals surface area contributed by atoms with Gasteiger partial charge in [-0.25, -0.2) is 15.0 Å². The molecule has 0 aliphatic rings. The lowest BCUT2D eigenvalue weighted by atomic mass is 10.0. The summed E-state index contributed by atoms with van der Waals surface area (Å²) in [5.74, 6) is 1.95. The molecule has 50 heavy (non-hydrogen) atoms. The first-order chi connectivity index (χ1) is 24.8. The maximum Gasteiger partial charge on any atom is 0.164 e. The van der Waals surface area contributed by atoms with E-state index < -0.39 is 0 Å². The Morgan fingerprint density at radius 3 is 1.66 bits per heavy atom. The number of rotatable bonds is 5. The van der Waals surface area contributed by atoms with Gasteiger partial charge in [0.2, 0.25) is 0 Å². The first-order valence-corrected chi connectivity index (χ1v) is 17.5. The van der Waals surface area contributed by atoms with E-state index >= 15 is 0 Å². The highest BCUT2D eigenvalue weighted by atomic mass is 32.1. The molecule has 0 spiro atoms. The highest BCUT2D eigenvalue weighted by Crippen LogP contribution is 2.43. The Balaban J connectivity index is 1.12. The van der Waals surface area contributed by atoms with Crippen molar-refractivity contribution in [2.24, 2.45) is 0 Å². The molecule has 7 aromatic carbocycles. The molecule has 0 N–H and O–H groups in total. The van der Waals surface area contributed by atoms with Gasteiger partial charge in [0.15, 0.2) is 17.5 Å². The SMILES string of the molecule is c1ccc(-c2nc(-c3ccccc3)nc(-c3cccc(-c4cccc(-n5c6ccccc6c6c7c(ccc65)sc5ccccc57)c4)c3)n2)cc1. The van der Waals surface area contributed by atoms with E-state index in [1.807, 2.05) is 72.0 Å². The van der Waals surface area contributed by atoms with Crippen molar-refractivity contribution in [3.05, 3.63) is 170 Å². The Kier molecular flexibility index (Phi) is 6.64. The Bertz CT molecular complexity index is 2810. The van der Waals surface area contributed by atoms with Gasteiger partial charge in [-0.15, -0.1) is 11.3 Å². The average molecular weight is 657 g/mol. The summed E-state index contributed by atoms with van der Waals surface area (Å²) in [6.07, 6.45) is 0. The second kappa shape index (κ2) is 11.6. The molecule has 10 rings (SSSR count). The summed E-state index contributed by atoms with van der Waals surface area (Å²) >= 11 is 1.86. The molecule has 0 aliphatic carbocycles. The monoisotopic (exact) mass is 656 g/mol. The number of fused-ring (bicyclic) bond motifs is 7. The van der Waals surface area contributed by atoms with E-state index in [2.05, 4.69) is 114 Å². The smallest absolute Gasteiger partial charge is 0.164 e.